The molecule has 3 aromatic rings. The molecule has 0 radical (unpaired) electrons. The van der Waals surface area contributed by atoms with E-state index in [0.717, 1.165) is 23.8 Å². The monoisotopic (exact) mass is 568 g/mol. The Morgan fingerprint density at radius 1 is 1.22 bits per heavy atom. The van der Waals surface area contributed by atoms with E-state index in [-0.39, 0.29) is 36.4 Å². The summed E-state index contributed by atoms with van der Waals surface area (Å²) in [5.41, 5.74) is 3.05. The average Bonchev–Trinajstić information content (AvgIpc) is 3.61. The van der Waals surface area contributed by atoms with Crippen LogP contribution in [-0.2, 0) is 23.1 Å². The molecule has 218 valence electrons. The summed E-state index contributed by atoms with van der Waals surface area (Å²) in [7, 11) is 0. The molecule has 0 amide bonds. The quantitative estimate of drug-likeness (QED) is 0.165. The van der Waals surface area contributed by atoms with Crippen molar-refractivity contribution in [2.24, 2.45) is 0 Å². The van der Waals surface area contributed by atoms with Gasteiger partial charge in [-0.05, 0) is 86.1 Å². The maximum atomic E-state index is 15.1. The van der Waals surface area contributed by atoms with Crippen LogP contribution < -0.4 is 5.32 Å². The smallest absolute Gasteiger partial charge is 0.257 e. The molecule has 1 atom stereocenters. The number of nitrogens with zero attached hydrogens (tertiary/aromatic N) is 1. The SMILES string of the molecule is C=C(CC)/C(=C\CC(C)F)Nc1ccc(-c2ccc(CC(=O)Cc3coc(C4(C(C)(F)F)CC4)c3)c(F)c2)c(C)n1. The minimum Gasteiger partial charge on any atom is -0.468 e. The molecular formula is C33H36F4N2O2. The van der Waals surface area contributed by atoms with Crippen molar-refractivity contribution in [1.82, 2.24) is 4.98 Å². The molecule has 0 aliphatic heterocycles. The first-order chi connectivity index (χ1) is 19.3. The molecule has 4 rings (SSSR count). The lowest BCUT2D eigenvalue weighted by molar-refractivity contribution is -0.117. The summed E-state index contributed by atoms with van der Waals surface area (Å²) in [5.74, 6) is -2.90. The molecule has 1 saturated carbocycles. The number of pyridine rings is 1. The van der Waals surface area contributed by atoms with Gasteiger partial charge in [0.1, 0.15) is 29.4 Å². The van der Waals surface area contributed by atoms with Crippen LogP contribution in [0.1, 0.15) is 69.0 Å². The van der Waals surface area contributed by atoms with Crippen LogP contribution in [0.2, 0.25) is 0 Å². The van der Waals surface area contributed by atoms with Crippen molar-refractivity contribution in [1.29, 1.82) is 0 Å². The standard InChI is InChI=1S/C33H36F4N2O2/c1-6-20(2)29(11-7-21(3)34)39-31-12-10-27(22(4)38-31)24-8-9-25(28(35)18-24)17-26(40)15-23-16-30(41-19-23)33(13-14-33)32(5,36)37/h8-12,16,18-19,21H,2,6-7,13-15,17H2,1,3-5H3,(H,38,39)/b29-11+. The van der Waals surface area contributed by atoms with E-state index in [1.807, 2.05) is 19.9 Å². The molecule has 4 nitrogen and oxygen atoms in total. The lowest BCUT2D eigenvalue weighted by Crippen LogP contribution is -2.29. The second-order valence-electron chi connectivity index (χ2n) is 11.0. The molecule has 0 saturated heterocycles. The van der Waals surface area contributed by atoms with E-state index in [1.165, 1.54) is 25.3 Å². The zero-order chi connectivity index (χ0) is 29.9. The lowest BCUT2D eigenvalue weighted by Gasteiger charge is -2.20. The summed E-state index contributed by atoms with van der Waals surface area (Å²) >= 11 is 0. The molecule has 41 heavy (non-hydrogen) atoms. The molecule has 1 fully saturated rings. The van der Waals surface area contributed by atoms with Crippen molar-refractivity contribution in [3.8, 4) is 11.1 Å². The predicted molar refractivity (Wildman–Crippen MR) is 153 cm³/mol. The van der Waals surface area contributed by atoms with Crippen molar-refractivity contribution in [2.75, 3.05) is 5.32 Å². The summed E-state index contributed by atoms with van der Waals surface area (Å²) in [4.78, 5) is 17.3. The molecular weight excluding hydrogens is 532 g/mol. The number of allylic oxidation sites excluding steroid dienone is 2. The number of hydrogen-bond donors (Lipinski definition) is 1. The Bertz CT molecular complexity index is 1460. The first-order valence-electron chi connectivity index (χ1n) is 13.9. The zero-order valence-electron chi connectivity index (χ0n) is 23.9. The number of nitrogens with one attached hydrogen (secondary N) is 1. The zero-order valence-corrected chi connectivity index (χ0v) is 23.9. The van der Waals surface area contributed by atoms with Gasteiger partial charge < -0.3 is 9.73 Å². The molecule has 1 unspecified atom stereocenters. The maximum Gasteiger partial charge on any atom is 0.257 e. The van der Waals surface area contributed by atoms with E-state index >= 15 is 4.39 Å². The summed E-state index contributed by atoms with van der Waals surface area (Å²) in [6, 6.07) is 9.82. The molecule has 1 aliphatic rings. The number of anilines is 1. The summed E-state index contributed by atoms with van der Waals surface area (Å²) in [6.07, 6.45) is 3.62. The predicted octanol–water partition coefficient (Wildman–Crippen LogP) is 8.84. The fraction of sp³-hybridized carbons (Fsp3) is 0.394. The van der Waals surface area contributed by atoms with Gasteiger partial charge in [-0.3, -0.25) is 4.79 Å². The highest BCUT2D eigenvalue weighted by Gasteiger charge is 2.62. The maximum absolute atomic E-state index is 15.1. The van der Waals surface area contributed by atoms with Crippen molar-refractivity contribution < 1.29 is 26.8 Å². The van der Waals surface area contributed by atoms with Gasteiger partial charge in [-0.1, -0.05) is 31.7 Å². The highest BCUT2D eigenvalue weighted by atomic mass is 19.3. The molecule has 0 bridgehead atoms. The number of ketones is 1. The molecule has 1 aromatic carbocycles. The Balaban J connectivity index is 1.43. The van der Waals surface area contributed by atoms with E-state index in [9.17, 15) is 18.0 Å². The Labute approximate surface area is 238 Å². The van der Waals surface area contributed by atoms with Gasteiger partial charge in [0.2, 0.25) is 0 Å². The number of hydrogen-bond acceptors (Lipinski definition) is 4. The molecule has 1 N–H and O–H groups in total. The molecule has 2 heterocycles. The minimum absolute atomic E-state index is 0.0291. The Morgan fingerprint density at radius 2 is 1.95 bits per heavy atom. The Hall–Kier alpha value is -3.68. The summed E-state index contributed by atoms with van der Waals surface area (Å²) in [5, 5.41) is 3.22. The second-order valence-corrected chi connectivity index (χ2v) is 11.0. The van der Waals surface area contributed by atoms with Gasteiger partial charge >= 0.3 is 0 Å². The minimum atomic E-state index is -2.90. The van der Waals surface area contributed by atoms with Crippen LogP contribution >= 0.6 is 0 Å². The van der Waals surface area contributed by atoms with Gasteiger partial charge in [-0.2, -0.15) is 0 Å². The first kappa shape index (κ1) is 30.3. The van der Waals surface area contributed by atoms with Crippen LogP contribution in [0, 0.1) is 12.7 Å². The normalized spacial score (nSPS) is 15.5. The van der Waals surface area contributed by atoms with E-state index in [2.05, 4.69) is 16.9 Å². The third kappa shape index (κ3) is 6.97. The number of carbonyl (C=O) groups excluding carboxylic acids is 1. The molecule has 1 aliphatic carbocycles. The van der Waals surface area contributed by atoms with E-state index in [0.29, 0.717) is 41.9 Å². The van der Waals surface area contributed by atoms with Gasteiger partial charge in [0.25, 0.3) is 5.92 Å². The van der Waals surface area contributed by atoms with Crippen LogP contribution in [0.4, 0.5) is 23.4 Å². The van der Waals surface area contributed by atoms with E-state index in [4.69, 9.17) is 4.42 Å². The molecule has 2 aromatic heterocycles. The average molecular weight is 569 g/mol. The van der Waals surface area contributed by atoms with Crippen LogP contribution in [0.15, 0.2) is 71.0 Å². The highest BCUT2D eigenvalue weighted by molar-refractivity contribution is 5.83. The summed E-state index contributed by atoms with van der Waals surface area (Å²) in [6.45, 7) is 10.2. The van der Waals surface area contributed by atoms with Crippen molar-refractivity contribution >= 4 is 11.6 Å². The van der Waals surface area contributed by atoms with Crippen LogP contribution in [-0.4, -0.2) is 22.9 Å². The number of Topliss-reactive ketones (excluding diaryl/α,β-unsaturated/α-hetero) is 1. The van der Waals surface area contributed by atoms with Gasteiger partial charge in [0.15, 0.2) is 0 Å². The van der Waals surface area contributed by atoms with Crippen molar-refractivity contribution in [3.05, 3.63) is 95.0 Å². The van der Waals surface area contributed by atoms with Crippen LogP contribution in [0.3, 0.4) is 0 Å². The third-order valence-corrected chi connectivity index (χ3v) is 7.67. The van der Waals surface area contributed by atoms with Gasteiger partial charge in [0, 0.05) is 36.7 Å². The Kier molecular flexibility index (Phi) is 8.90. The fourth-order valence-corrected chi connectivity index (χ4v) is 4.93. The topological polar surface area (TPSA) is 55.1 Å². The van der Waals surface area contributed by atoms with Crippen molar-refractivity contribution in [3.63, 3.8) is 0 Å². The molecule has 8 heteroatoms. The number of alkyl halides is 3. The number of benzene rings is 1. The number of halogens is 4. The largest absolute Gasteiger partial charge is 0.468 e. The number of rotatable bonds is 13. The van der Waals surface area contributed by atoms with Crippen LogP contribution in [0.5, 0.6) is 0 Å². The van der Waals surface area contributed by atoms with Crippen LogP contribution in [0.25, 0.3) is 11.1 Å². The Morgan fingerprint density at radius 3 is 2.54 bits per heavy atom. The number of furan rings is 1. The van der Waals surface area contributed by atoms with Crippen molar-refractivity contribution in [2.45, 2.75) is 83.7 Å². The second kappa shape index (κ2) is 12.0. The molecule has 0 spiro atoms. The number of aromatic nitrogens is 1. The summed E-state index contributed by atoms with van der Waals surface area (Å²) < 4.78 is 61.9. The van der Waals surface area contributed by atoms with Gasteiger partial charge in [-0.15, -0.1) is 0 Å². The lowest BCUT2D eigenvalue weighted by atomic mass is 9.95. The van der Waals surface area contributed by atoms with Gasteiger partial charge in [-0.25, -0.2) is 22.5 Å². The number of aryl methyl sites for hydroxylation is 1. The first-order valence-corrected chi connectivity index (χ1v) is 13.9. The third-order valence-electron chi connectivity index (χ3n) is 7.67. The van der Waals surface area contributed by atoms with E-state index in [1.54, 1.807) is 24.3 Å². The van der Waals surface area contributed by atoms with Gasteiger partial charge in [0.05, 0.1) is 11.7 Å². The number of carbonyl (C=O) groups is 1. The highest BCUT2D eigenvalue weighted by Crippen LogP contribution is 2.58. The van der Waals surface area contributed by atoms with E-state index < -0.39 is 23.3 Å². The fourth-order valence-electron chi connectivity index (χ4n) is 4.93.